The number of carbonyl (C=O) groups excluding carboxylic acids is 1. The molecule has 0 radical (unpaired) electrons. The van der Waals surface area contributed by atoms with Crippen molar-refractivity contribution in [3.63, 3.8) is 0 Å². The highest BCUT2D eigenvalue weighted by Gasteiger charge is 2.29. The molecule has 1 unspecified atom stereocenters. The summed E-state index contributed by atoms with van der Waals surface area (Å²) >= 11 is 0. The molecule has 1 heterocycles. The van der Waals surface area contributed by atoms with Crippen LogP contribution in [0.5, 0.6) is 0 Å². The number of halogens is 2. The first kappa shape index (κ1) is 16.2. The molecule has 21 heavy (non-hydrogen) atoms. The lowest BCUT2D eigenvalue weighted by molar-refractivity contribution is 0.0719. The molecule has 0 aromatic heterocycles. The maximum atomic E-state index is 14.0. The summed E-state index contributed by atoms with van der Waals surface area (Å²) in [7, 11) is 2.81. The van der Waals surface area contributed by atoms with Gasteiger partial charge in [-0.25, -0.2) is 12.8 Å². The Labute approximate surface area is 127 Å². The Morgan fingerprint density at radius 2 is 2.14 bits per heavy atom. The van der Waals surface area contributed by atoms with Gasteiger partial charge >= 0.3 is 0 Å². The Bertz CT molecular complexity index is 677. The van der Waals surface area contributed by atoms with E-state index in [0.29, 0.717) is 19.5 Å². The summed E-state index contributed by atoms with van der Waals surface area (Å²) in [5, 5.41) is 0. The maximum Gasteiger partial charge on any atom is 0.261 e. The minimum atomic E-state index is -4.04. The van der Waals surface area contributed by atoms with E-state index in [4.69, 9.17) is 15.4 Å². The quantitative estimate of drug-likeness (QED) is 0.792. The smallest absolute Gasteiger partial charge is 0.261 e. The van der Waals surface area contributed by atoms with Crippen LogP contribution in [0.25, 0.3) is 0 Å². The first-order valence-electron chi connectivity index (χ1n) is 6.31. The number of benzene rings is 1. The topological polar surface area (TPSA) is 63.7 Å². The van der Waals surface area contributed by atoms with Gasteiger partial charge in [0.2, 0.25) is 0 Å². The van der Waals surface area contributed by atoms with E-state index in [1.807, 2.05) is 0 Å². The van der Waals surface area contributed by atoms with Crippen molar-refractivity contribution in [2.75, 3.05) is 20.2 Å². The number of likely N-dealkylation sites (tertiary alicyclic amines) is 1. The minimum absolute atomic E-state index is 0.0845. The molecule has 0 bridgehead atoms. The molecule has 0 spiro atoms. The number of methoxy groups -OCH3 is 1. The molecule has 5 nitrogen and oxygen atoms in total. The number of carbonyl (C=O) groups is 1. The second-order valence-electron chi connectivity index (χ2n) is 4.93. The molecule has 1 aromatic rings. The van der Waals surface area contributed by atoms with Gasteiger partial charge in [0.15, 0.2) is 0 Å². The molecule has 1 amide bonds. The minimum Gasteiger partial charge on any atom is -0.380 e. The Hall–Kier alpha value is -1.18. The molecule has 0 aliphatic carbocycles. The lowest BCUT2D eigenvalue weighted by Gasteiger charge is -2.17. The van der Waals surface area contributed by atoms with E-state index >= 15 is 0 Å². The van der Waals surface area contributed by atoms with E-state index in [1.165, 1.54) is 11.8 Å². The van der Waals surface area contributed by atoms with Crippen molar-refractivity contribution in [2.45, 2.75) is 24.3 Å². The predicted molar refractivity (Wildman–Crippen MR) is 75.5 cm³/mol. The standard InChI is InChI=1S/C13H15ClFNO4S/c1-8-5-11(15)10(6-12(8)21(14,18)19)13(17)16-4-3-9(7-16)20-2/h5-6,9H,3-4,7H2,1-2H3. The van der Waals surface area contributed by atoms with Crippen LogP contribution in [0.1, 0.15) is 22.3 Å². The number of hydrogen-bond donors (Lipinski definition) is 0. The second-order valence-corrected chi connectivity index (χ2v) is 7.47. The van der Waals surface area contributed by atoms with Gasteiger partial charge in [-0.3, -0.25) is 4.79 Å². The van der Waals surface area contributed by atoms with Crippen LogP contribution in [-0.4, -0.2) is 45.5 Å². The second kappa shape index (κ2) is 5.90. The van der Waals surface area contributed by atoms with Crippen molar-refractivity contribution < 1.29 is 22.3 Å². The zero-order valence-electron chi connectivity index (χ0n) is 11.6. The fourth-order valence-corrected chi connectivity index (χ4v) is 3.56. The van der Waals surface area contributed by atoms with E-state index in [-0.39, 0.29) is 22.1 Å². The Kier molecular flexibility index (Phi) is 4.55. The fourth-order valence-electron chi connectivity index (χ4n) is 2.35. The molecule has 1 aliphatic rings. The molecule has 1 atom stereocenters. The summed E-state index contributed by atoms with van der Waals surface area (Å²) in [6.07, 6.45) is 0.579. The largest absolute Gasteiger partial charge is 0.380 e. The molecule has 116 valence electrons. The highest BCUT2D eigenvalue weighted by Crippen LogP contribution is 2.25. The molecule has 8 heteroatoms. The SMILES string of the molecule is COC1CCN(C(=O)c2cc(S(=O)(=O)Cl)c(C)cc2F)C1. The third-order valence-electron chi connectivity index (χ3n) is 3.52. The monoisotopic (exact) mass is 335 g/mol. The predicted octanol–water partition coefficient (Wildman–Crippen LogP) is 1.92. The molecule has 1 saturated heterocycles. The van der Waals surface area contributed by atoms with Crippen LogP contribution in [0.4, 0.5) is 4.39 Å². The molecule has 1 aliphatic heterocycles. The van der Waals surface area contributed by atoms with Crippen molar-refractivity contribution in [1.82, 2.24) is 4.90 Å². The molecule has 1 fully saturated rings. The van der Waals surface area contributed by atoms with Crippen LogP contribution in [-0.2, 0) is 13.8 Å². The zero-order valence-corrected chi connectivity index (χ0v) is 13.2. The number of nitrogens with zero attached hydrogens (tertiary/aromatic N) is 1. The Balaban J connectivity index is 2.38. The maximum absolute atomic E-state index is 14.0. The molecule has 0 saturated carbocycles. The van der Waals surface area contributed by atoms with Crippen molar-refractivity contribution in [3.05, 3.63) is 29.1 Å². The van der Waals surface area contributed by atoms with E-state index in [1.54, 1.807) is 7.11 Å². The van der Waals surface area contributed by atoms with Crippen molar-refractivity contribution >= 4 is 25.6 Å². The van der Waals surface area contributed by atoms with E-state index in [0.717, 1.165) is 12.1 Å². The third-order valence-corrected chi connectivity index (χ3v) is 4.99. The van der Waals surface area contributed by atoms with Crippen LogP contribution >= 0.6 is 10.7 Å². The Morgan fingerprint density at radius 1 is 1.48 bits per heavy atom. The van der Waals surface area contributed by atoms with Gasteiger partial charge in [0.25, 0.3) is 15.0 Å². The van der Waals surface area contributed by atoms with E-state index in [9.17, 15) is 17.6 Å². The molecule has 1 aromatic carbocycles. The lowest BCUT2D eigenvalue weighted by Crippen LogP contribution is -2.30. The highest BCUT2D eigenvalue weighted by molar-refractivity contribution is 8.13. The van der Waals surface area contributed by atoms with Crippen molar-refractivity contribution in [3.8, 4) is 0 Å². The summed E-state index contributed by atoms with van der Waals surface area (Å²) in [6.45, 7) is 2.21. The average Bonchev–Trinajstić information content (AvgIpc) is 2.85. The zero-order chi connectivity index (χ0) is 15.8. The highest BCUT2D eigenvalue weighted by atomic mass is 35.7. The van der Waals surface area contributed by atoms with E-state index < -0.39 is 20.8 Å². The normalized spacial score (nSPS) is 19.0. The van der Waals surface area contributed by atoms with Gasteiger partial charge in [0, 0.05) is 30.9 Å². The first-order chi connectivity index (χ1) is 9.74. The summed E-state index contributed by atoms with van der Waals surface area (Å²) in [5.74, 6) is -1.32. The van der Waals surface area contributed by atoms with Crippen LogP contribution < -0.4 is 0 Å². The van der Waals surface area contributed by atoms with Gasteiger partial charge < -0.3 is 9.64 Å². The number of rotatable bonds is 3. The number of aryl methyl sites for hydroxylation is 1. The van der Waals surface area contributed by atoms with Gasteiger partial charge in [-0.05, 0) is 31.0 Å². The van der Waals surface area contributed by atoms with Crippen LogP contribution in [0.3, 0.4) is 0 Å². The van der Waals surface area contributed by atoms with Crippen LogP contribution in [0, 0.1) is 12.7 Å². The van der Waals surface area contributed by atoms with Gasteiger partial charge in [-0.15, -0.1) is 0 Å². The fraction of sp³-hybridized carbons (Fsp3) is 0.462. The van der Waals surface area contributed by atoms with Crippen LogP contribution in [0.15, 0.2) is 17.0 Å². The van der Waals surface area contributed by atoms with Gasteiger partial charge in [0.1, 0.15) is 5.82 Å². The van der Waals surface area contributed by atoms with Crippen LogP contribution in [0.2, 0.25) is 0 Å². The molecule has 2 rings (SSSR count). The van der Waals surface area contributed by atoms with Gasteiger partial charge in [0.05, 0.1) is 16.6 Å². The van der Waals surface area contributed by atoms with Crippen molar-refractivity contribution in [1.29, 1.82) is 0 Å². The van der Waals surface area contributed by atoms with Gasteiger partial charge in [-0.1, -0.05) is 0 Å². The molecule has 0 N–H and O–H groups in total. The first-order valence-corrected chi connectivity index (χ1v) is 8.62. The summed E-state index contributed by atoms with van der Waals surface area (Å²) in [5.41, 5.74) is -0.133. The number of hydrogen-bond acceptors (Lipinski definition) is 4. The molecular weight excluding hydrogens is 321 g/mol. The summed E-state index contributed by atoms with van der Waals surface area (Å²) in [6, 6.07) is 2.00. The molecular formula is C13H15ClFNO4S. The van der Waals surface area contributed by atoms with E-state index in [2.05, 4.69) is 0 Å². The number of ether oxygens (including phenoxy) is 1. The Morgan fingerprint density at radius 3 is 2.67 bits per heavy atom. The average molecular weight is 336 g/mol. The lowest BCUT2D eigenvalue weighted by atomic mass is 10.1. The summed E-state index contributed by atoms with van der Waals surface area (Å²) < 4.78 is 42.1. The van der Waals surface area contributed by atoms with Crippen molar-refractivity contribution in [2.24, 2.45) is 0 Å². The third kappa shape index (κ3) is 3.36. The summed E-state index contributed by atoms with van der Waals surface area (Å²) in [4.78, 5) is 13.5. The van der Waals surface area contributed by atoms with Gasteiger partial charge in [-0.2, -0.15) is 0 Å². The number of amides is 1.